The predicted molar refractivity (Wildman–Crippen MR) is 51.6 cm³/mol. The number of nitrogens with one attached hydrogen (secondary N) is 1. The molecule has 14 heavy (non-hydrogen) atoms. The van der Waals surface area contributed by atoms with Crippen LogP contribution in [0.5, 0.6) is 0 Å². The maximum absolute atomic E-state index is 9.32. The highest BCUT2D eigenvalue weighted by atomic mass is 16.5. The van der Waals surface area contributed by atoms with Gasteiger partial charge in [-0.1, -0.05) is 5.16 Å². The summed E-state index contributed by atoms with van der Waals surface area (Å²) in [6.45, 7) is 0.761. The van der Waals surface area contributed by atoms with Crippen LogP contribution in [0, 0.1) is 0 Å². The van der Waals surface area contributed by atoms with Crippen LogP contribution in [0.25, 0.3) is 0 Å². The first kappa shape index (κ1) is 9.68. The molecule has 0 saturated heterocycles. The summed E-state index contributed by atoms with van der Waals surface area (Å²) in [4.78, 5) is 0. The molecule has 0 spiro atoms. The zero-order valence-electron chi connectivity index (χ0n) is 8.15. The highest BCUT2D eigenvalue weighted by Gasteiger charge is 2.18. The van der Waals surface area contributed by atoms with E-state index in [1.807, 2.05) is 6.07 Å². The topological polar surface area (TPSA) is 58.3 Å². The van der Waals surface area contributed by atoms with Crippen LogP contribution in [-0.4, -0.2) is 22.4 Å². The molecule has 0 amide bonds. The summed E-state index contributed by atoms with van der Waals surface area (Å²) in [5.74, 6) is 0. The average molecular weight is 196 g/mol. The van der Waals surface area contributed by atoms with Gasteiger partial charge in [-0.25, -0.2) is 0 Å². The van der Waals surface area contributed by atoms with E-state index in [1.54, 1.807) is 6.26 Å². The molecule has 1 aliphatic rings. The van der Waals surface area contributed by atoms with E-state index in [4.69, 9.17) is 4.52 Å². The third-order valence-electron chi connectivity index (χ3n) is 2.76. The summed E-state index contributed by atoms with van der Waals surface area (Å²) >= 11 is 0. The van der Waals surface area contributed by atoms with Gasteiger partial charge in [0.15, 0.2) is 0 Å². The van der Waals surface area contributed by atoms with Crippen molar-refractivity contribution in [3.63, 3.8) is 0 Å². The second-order valence-corrected chi connectivity index (χ2v) is 3.88. The lowest BCUT2D eigenvalue weighted by atomic mass is 9.93. The van der Waals surface area contributed by atoms with Gasteiger partial charge in [0, 0.05) is 18.7 Å². The van der Waals surface area contributed by atoms with Crippen LogP contribution in [0.1, 0.15) is 31.4 Å². The number of aromatic nitrogens is 1. The van der Waals surface area contributed by atoms with Crippen molar-refractivity contribution >= 4 is 0 Å². The van der Waals surface area contributed by atoms with Crippen LogP contribution in [0.15, 0.2) is 16.9 Å². The van der Waals surface area contributed by atoms with Gasteiger partial charge in [0.25, 0.3) is 0 Å². The molecule has 0 aliphatic heterocycles. The van der Waals surface area contributed by atoms with E-state index in [2.05, 4.69) is 10.5 Å². The summed E-state index contributed by atoms with van der Waals surface area (Å²) in [5.41, 5.74) is 0.941. The number of nitrogens with zero attached hydrogens (tertiary/aromatic N) is 1. The van der Waals surface area contributed by atoms with Crippen molar-refractivity contribution < 1.29 is 9.63 Å². The maximum atomic E-state index is 9.32. The fourth-order valence-electron chi connectivity index (χ4n) is 1.86. The largest absolute Gasteiger partial charge is 0.393 e. The van der Waals surface area contributed by atoms with Crippen molar-refractivity contribution in [2.45, 2.75) is 44.4 Å². The van der Waals surface area contributed by atoms with Crippen molar-refractivity contribution in [2.24, 2.45) is 0 Å². The standard InChI is InChI=1S/C10H16N2O2/c13-10-3-1-8(2-4-10)11-7-9-5-6-14-12-9/h5-6,8,10-11,13H,1-4,7H2. The maximum Gasteiger partial charge on any atom is 0.124 e. The predicted octanol–water partition coefficient (Wildman–Crippen LogP) is 1.07. The lowest BCUT2D eigenvalue weighted by molar-refractivity contribution is 0.116. The lowest BCUT2D eigenvalue weighted by Gasteiger charge is -2.25. The molecule has 4 heteroatoms. The van der Waals surface area contributed by atoms with Crippen molar-refractivity contribution in [1.82, 2.24) is 10.5 Å². The molecule has 2 rings (SSSR count). The van der Waals surface area contributed by atoms with Crippen molar-refractivity contribution in [2.75, 3.05) is 0 Å². The van der Waals surface area contributed by atoms with Gasteiger partial charge in [-0.05, 0) is 25.7 Å². The first-order valence-electron chi connectivity index (χ1n) is 5.15. The molecule has 4 nitrogen and oxygen atoms in total. The fourth-order valence-corrected chi connectivity index (χ4v) is 1.86. The Morgan fingerprint density at radius 1 is 1.43 bits per heavy atom. The molecule has 1 aromatic heterocycles. The normalized spacial score (nSPS) is 27.8. The van der Waals surface area contributed by atoms with Crippen molar-refractivity contribution in [1.29, 1.82) is 0 Å². The van der Waals surface area contributed by atoms with E-state index < -0.39 is 0 Å². The van der Waals surface area contributed by atoms with Crippen LogP contribution < -0.4 is 5.32 Å². The molecule has 1 aromatic rings. The van der Waals surface area contributed by atoms with Crippen LogP contribution in [0.4, 0.5) is 0 Å². The van der Waals surface area contributed by atoms with Gasteiger partial charge in [0.05, 0.1) is 11.8 Å². The molecule has 0 bridgehead atoms. The fraction of sp³-hybridized carbons (Fsp3) is 0.700. The second-order valence-electron chi connectivity index (χ2n) is 3.88. The number of rotatable bonds is 3. The second kappa shape index (κ2) is 4.57. The molecule has 1 heterocycles. The third-order valence-corrected chi connectivity index (χ3v) is 2.76. The number of hydrogen-bond donors (Lipinski definition) is 2. The number of hydrogen-bond acceptors (Lipinski definition) is 4. The quantitative estimate of drug-likeness (QED) is 0.759. The zero-order chi connectivity index (χ0) is 9.80. The van der Waals surface area contributed by atoms with E-state index in [1.165, 1.54) is 0 Å². The van der Waals surface area contributed by atoms with Gasteiger partial charge in [-0.3, -0.25) is 0 Å². The number of aliphatic hydroxyl groups is 1. The third kappa shape index (κ3) is 2.56. The summed E-state index contributed by atoms with van der Waals surface area (Å²) < 4.78 is 4.74. The van der Waals surface area contributed by atoms with Gasteiger partial charge in [-0.15, -0.1) is 0 Å². The van der Waals surface area contributed by atoms with E-state index in [9.17, 15) is 5.11 Å². The van der Waals surface area contributed by atoms with E-state index >= 15 is 0 Å². The van der Waals surface area contributed by atoms with E-state index in [0.29, 0.717) is 6.04 Å². The van der Waals surface area contributed by atoms with Crippen LogP contribution in [-0.2, 0) is 6.54 Å². The average Bonchev–Trinajstić information content (AvgIpc) is 2.70. The van der Waals surface area contributed by atoms with Crippen LogP contribution >= 0.6 is 0 Å². The summed E-state index contributed by atoms with van der Waals surface area (Å²) in [5, 5.41) is 16.6. The summed E-state index contributed by atoms with van der Waals surface area (Å²) in [6, 6.07) is 2.39. The minimum absolute atomic E-state index is 0.0832. The van der Waals surface area contributed by atoms with Gasteiger partial charge in [-0.2, -0.15) is 0 Å². The Morgan fingerprint density at radius 2 is 2.21 bits per heavy atom. The molecule has 2 N–H and O–H groups in total. The Balaban J connectivity index is 1.71. The molecular formula is C10H16N2O2. The van der Waals surface area contributed by atoms with Gasteiger partial charge >= 0.3 is 0 Å². The molecule has 1 saturated carbocycles. The van der Waals surface area contributed by atoms with Crippen LogP contribution in [0.3, 0.4) is 0 Å². The minimum atomic E-state index is -0.0832. The molecule has 0 unspecified atom stereocenters. The van der Waals surface area contributed by atoms with Crippen molar-refractivity contribution in [3.8, 4) is 0 Å². The van der Waals surface area contributed by atoms with Crippen molar-refractivity contribution in [3.05, 3.63) is 18.0 Å². The molecular weight excluding hydrogens is 180 g/mol. The zero-order valence-corrected chi connectivity index (χ0v) is 8.15. The van der Waals surface area contributed by atoms with Gasteiger partial charge < -0.3 is 14.9 Å². The Bertz CT molecular complexity index is 253. The first-order chi connectivity index (χ1) is 6.84. The van der Waals surface area contributed by atoms with Gasteiger partial charge in [0.1, 0.15) is 6.26 Å². The first-order valence-corrected chi connectivity index (χ1v) is 5.15. The highest BCUT2D eigenvalue weighted by Crippen LogP contribution is 2.18. The minimum Gasteiger partial charge on any atom is -0.393 e. The Hall–Kier alpha value is -0.870. The summed E-state index contributed by atoms with van der Waals surface area (Å²) in [7, 11) is 0. The molecule has 1 fully saturated rings. The Labute approximate surface area is 83.3 Å². The van der Waals surface area contributed by atoms with E-state index in [0.717, 1.165) is 37.9 Å². The SMILES string of the molecule is OC1CCC(NCc2ccon2)CC1. The molecule has 1 aliphatic carbocycles. The number of aliphatic hydroxyl groups excluding tert-OH is 1. The molecule has 0 atom stereocenters. The Morgan fingerprint density at radius 3 is 2.86 bits per heavy atom. The van der Waals surface area contributed by atoms with E-state index in [-0.39, 0.29) is 6.10 Å². The van der Waals surface area contributed by atoms with Crippen LogP contribution in [0.2, 0.25) is 0 Å². The lowest BCUT2D eigenvalue weighted by Crippen LogP contribution is -2.34. The molecule has 78 valence electrons. The van der Waals surface area contributed by atoms with Gasteiger partial charge in [0.2, 0.25) is 0 Å². The smallest absolute Gasteiger partial charge is 0.124 e. The highest BCUT2D eigenvalue weighted by molar-refractivity contribution is 4.95. The molecule has 0 radical (unpaired) electrons. The Kier molecular flexibility index (Phi) is 3.16. The monoisotopic (exact) mass is 196 g/mol. The summed E-state index contributed by atoms with van der Waals surface area (Å²) in [6.07, 6.45) is 5.44. The molecule has 0 aromatic carbocycles.